The lowest BCUT2D eigenvalue weighted by Gasteiger charge is -2.05. The van der Waals surface area contributed by atoms with Crippen molar-refractivity contribution in [1.29, 1.82) is 0 Å². The van der Waals surface area contributed by atoms with Crippen LogP contribution in [0.25, 0.3) is 0 Å². The first-order chi connectivity index (χ1) is 8.58. The molecule has 92 valence electrons. The van der Waals surface area contributed by atoms with Crippen molar-refractivity contribution in [2.24, 2.45) is 0 Å². The number of carbonyl (C=O) groups is 1. The van der Waals surface area contributed by atoms with Crippen LogP contribution in [0.2, 0.25) is 0 Å². The zero-order valence-corrected chi connectivity index (χ0v) is 11.4. The van der Waals surface area contributed by atoms with E-state index in [-0.39, 0.29) is 17.5 Å². The minimum Gasteiger partial charge on any atom is -0.288 e. The summed E-state index contributed by atoms with van der Waals surface area (Å²) in [6.07, 6.45) is 1.54. The van der Waals surface area contributed by atoms with Crippen molar-refractivity contribution in [3.05, 3.63) is 39.9 Å². The monoisotopic (exact) mass is 307 g/mol. The van der Waals surface area contributed by atoms with Crippen molar-refractivity contribution in [3.63, 3.8) is 0 Å². The summed E-state index contributed by atoms with van der Waals surface area (Å²) in [5, 5.41) is 10.2. The Morgan fingerprint density at radius 2 is 2.06 bits per heavy atom. The molecule has 0 aromatic carbocycles. The maximum atomic E-state index is 11.9. The van der Waals surface area contributed by atoms with Crippen LogP contribution in [0.4, 0.5) is 5.95 Å². The van der Waals surface area contributed by atoms with Crippen LogP contribution in [0.1, 0.15) is 21.9 Å². The SMILES string of the molecule is Cc1nnc(NC(=O)c2ncccc2Br)nc1C. The van der Waals surface area contributed by atoms with E-state index in [2.05, 4.69) is 41.4 Å². The van der Waals surface area contributed by atoms with Gasteiger partial charge in [-0.25, -0.2) is 9.97 Å². The molecule has 0 spiro atoms. The minimum absolute atomic E-state index is 0.167. The van der Waals surface area contributed by atoms with Gasteiger partial charge in [-0.15, -0.1) is 5.10 Å². The van der Waals surface area contributed by atoms with E-state index in [4.69, 9.17) is 0 Å². The highest BCUT2D eigenvalue weighted by Gasteiger charge is 2.13. The first kappa shape index (κ1) is 12.6. The molecule has 18 heavy (non-hydrogen) atoms. The van der Waals surface area contributed by atoms with Gasteiger partial charge in [0.05, 0.1) is 11.4 Å². The number of nitrogens with one attached hydrogen (secondary N) is 1. The smallest absolute Gasteiger partial charge is 0.277 e. The second-order valence-corrected chi connectivity index (χ2v) is 4.45. The summed E-state index contributed by atoms with van der Waals surface area (Å²) in [5.74, 6) is -0.215. The Labute approximate surface area is 112 Å². The molecule has 6 nitrogen and oxygen atoms in total. The average Bonchev–Trinajstić information content (AvgIpc) is 2.34. The van der Waals surface area contributed by atoms with Gasteiger partial charge in [-0.05, 0) is 41.9 Å². The lowest BCUT2D eigenvalue weighted by Crippen LogP contribution is -2.17. The highest BCUT2D eigenvalue weighted by atomic mass is 79.9. The number of aromatic nitrogens is 4. The van der Waals surface area contributed by atoms with Gasteiger partial charge in [0.25, 0.3) is 5.91 Å². The van der Waals surface area contributed by atoms with Gasteiger partial charge in [-0.3, -0.25) is 10.1 Å². The Morgan fingerprint density at radius 1 is 1.28 bits per heavy atom. The zero-order chi connectivity index (χ0) is 13.1. The molecule has 0 fully saturated rings. The number of aryl methyl sites for hydroxylation is 2. The number of hydrogen-bond acceptors (Lipinski definition) is 5. The number of rotatable bonds is 2. The summed E-state index contributed by atoms with van der Waals surface area (Å²) in [4.78, 5) is 20.0. The third kappa shape index (κ3) is 2.67. The largest absolute Gasteiger partial charge is 0.288 e. The van der Waals surface area contributed by atoms with Gasteiger partial charge < -0.3 is 0 Å². The predicted molar refractivity (Wildman–Crippen MR) is 69.2 cm³/mol. The molecule has 0 saturated heterocycles. The Kier molecular flexibility index (Phi) is 3.61. The Bertz CT molecular complexity index is 602. The average molecular weight is 308 g/mol. The summed E-state index contributed by atoms with van der Waals surface area (Å²) in [6.45, 7) is 3.60. The summed E-state index contributed by atoms with van der Waals surface area (Å²) in [5.41, 5.74) is 1.73. The van der Waals surface area contributed by atoms with Gasteiger partial charge in [0.1, 0.15) is 5.69 Å². The fourth-order valence-electron chi connectivity index (χ4n) is 1.22. The molecular formula is C11H10BrN5O. The standard InChI is InChI=1S/C11H10BrN5O/c1-6-7(2)16-17-11(14-6)15-10(18)9-8(12)4-3-5-13-9/h3-5H,1-2H3,(H,14,15,17,18). The van der Waals surface area contributed by atoms with E-state index < -0.39 is 0 Å². The number of hydrogen-bond donors (Lipinski definition) is 1. The summed E-state index contributed by atoms with van der Waals surface area (Å²) in [6, 6.07) is 3.47. The molecule has 2 aromatic rings. The van der Waals surface area contributed by atoms with Crippen LogP contribution in [0, 0.1) is 13.8 Å². The van der Waals surface area contributed by atoms with Gasteiger partial charge in [-0.2, -0.15) is 5.10 Å². The zero-order valence-electron chi connectivity index (χ0n) is 9.81. The molecule has 0 unspecified atom stereocenters. The molecule has 1 amide bonds. The maximum absolute atomic E-state index is 11.9. The van der Waals surface area contributed by atoms with Crippen LogP contribution < -0.4 is 5.32 Å². The molecule has 0 aliphatic heterocycles. The third-order valence-electron chi connectivity index (χ3n) is 2.29. The van der Waals surface area contributed by atoms with Crippen molar-refractivity contribution in [1.82, 2.24) is 20.2 Å². The highest BCUT2D eigenvalue weighted by molar-refractivity contribution is 9.10. The second kappa shape index (κ2) is 5.18. The van der Waals surface area contributed by atoms with E-state index in [0.717, 1.165) is 11.4 Å². The number of amides is 1. The summed E-state index contributed by atoms with van der Waals surface area (Å²) in [7, 11) is 0. The van der Waals surface area contributed by atoms with Gasteiger partial charge in [0.2, 0.25) is 5.95 Å². The first-order valence-electron chi connectivity index (χ1n) is 5.17. The van der Waals surface area contributed by atoms with Crippen LogP contribution in [0.5, 0.6) is 0 Å². The lowest BCUT2D eigenvalue weighted by molar-refractivity contribution is 0.102. The van der Waals surface area contributed by atoms with Crippen LogP contribution in [0.15, 0.2) is 22.8 Å². The molecule has 2 aromatic heterocycles. The van der Waals surface area contributed by atoms with Crippen molar-refractivity contribution >= 4 is 27.8 Å². The number of anilines is 1. The van der Waals surface area contributed by atoms with Gasteiger partial charge >= 0.3 is 0 Å². The fraction of sp³-hybridized carbons (Fsp3) is 0.182. The number of nitrogens with zero attached hydrogens (tertiary/aromatic N) is 4. The van der Waals surface area contributed by atoms with E-state index in [9.17, 15) is 4.79 Å². The summed E-state index contributed by atoms with van der Waals surface area (Å²) >= 11 is 3.26. The minimum atomic E-state index is -0.382. The summed E-state index contributed by atoms with van der Waals surface area (Å²) < 4.78 is 0.610. The van der Waals surface area contributed by atoms with E-state index in [1.807, 2.05) is 0 Å². The topological polar surface area (TPSA) is 80.7 Å². The maximum Gasteiger partial charge on any atom is 0.277 e. The Morgan fingerprint density at radius 3 is 2.72 bits per heavy atom. The van der Waals surface area contributed by atoms with Crippen molar-refractivity contribution in [2.75, 3.05) is 5.32 Å². The molecule has 0 bridgehead atoms. The molecule has 0 atom stereocenters. The quantitative estimate of drug-likeness (QED) is 0.916. The first-order valence-corrected chi connectivity index (χ1v) is 5.97. The van der Waals surface area contributed by atoms with E-state index in [1.54, 1.807) is 32.2 Å². The molecule has 0 radical (unpaired) electrons. The van der Waals surface area contributed by atoms with Gasteiger partial charge in [0, 0.05) is 10.7 Å². The normalized spacial score (nSPS) is 10.2. The predicted octanol–water partition coefficient (Wildman–Crippen LogP) is 1.90. The number of halogens is 1. The van der Waals surface area contributed by atoms with Crippen LogP contribution in [-0.4, -0.2) is 26.1 Å². The van der Waals surface area contributed by atoms with Crippen molar-refractivity contribution in [2.45, 2.75) is 13.8 Å². The fourth-order valence-corrected chi connectivity index (χ4v) is 1.66. The van der Waals surface area contributed by atoms with Crippen LogP contribution in [-0.2, 0) is 0 Å². The Hall–Kier alpha value is -1.89. The molecule has 2 heterocycles. The number of carbonyl (C=O) groups excluding carboxylic acids is 1. The lowest BCUT2D eigenvalue weighted by atomic mass is 10.3. The molecule has 0 aliphatic rings. The number of pyridine rings is 1. The van der Waals surface area contributed by atoms with Crippen molar-refractivity contribution in [3.8, 4) is 0 Å². The molecule has 0 aliphatic carbocycles. The molecule has 7 heteroatoms. The second-order valence-electron chi connectivity index (χ2n) is 3.59. The molecule has 2 rings (SSSR count). The third-order valence-corrected chi connectivity index (χ3v) is 2.93. The van der Waals surface area contributed by atoms with E-state index in [1.165, 1.54) is 0 Å². The Balaban J connectivity index is 2.22. The van der Waals surface area contributed by atoms with Crippen LogP contribution in [0.3, 0.4) is 0 Å². The van der Waals surface area contributed by atoms with E-state index >= 15 is 0 Å². The highest BCUT2D eigenvalue weighted by Crippen LogP contribution is 2.14. The van der Waals surface area contributed by atoms with Gasteiger partial charge in [-0.1, -0.05) is 0 Å². The molecular weight excluding hydrogens is 298 g/mol. The van der Waals surface area contributed by atoms with Crippen LogP contribution >= 0.6 is 15.9 Å². The van der Waals surface area contributed by atoms with Gasteiger partial charge in [0.15, 0.2) is 0 Å². The van der Waals surface area contributed by atoms with E-state index in [0.29, 0.717) is 4.47 Å². The molecule has 0 saturated carbocycles. The molecule has 1 N–H and O–H groups in total. The van der Waals surface area contributed by atoms with Crippen molar-refractivity contribution < 1.29 is 4.79 Å².